The summed E-state index contributed by atoms with van der Waals surface area (Å²) in [4.78, 5) is 14.8. The monoisotopic (exact) mass is 213 g/mol. The van der Waals surface area contributed by atoms with Crippen molar-refractivity contribution in [2.24, 2.45) is 0 Å². The molecule has 0 fully saturated rings. The first-order valence-electron chi connectivity index (χ1n) is 4.14. The number of hydrogen-bond donors (Lipinski definition) is 1. The second kappa shape index (κ2) is 6.20. The summed E-state index contributed by atoms with van der Waals surface area (Å²) < 4.78 is 4.71. The van der Waals surface area contributed by atoms with Crippen LogP contribution >= 0.6 is 11.8 Å². The van der Waals surface area contributed by atoms with Gasteiger partial charge in [0.2, 0.25) is 0 Å². The van der Waals surface area contributed by atoms with Crippen LogP contribution in [-0.2, 0) is 9.53 Å². The van der Waals surface area contributed by atoms with E-state index in [1.165, 1.54) is 24.2 Å². The van der Waals surface area contributed by atoms with Crippen LogP contribution in [0.4, 0.5) is 0 Å². The van der Waals surface area contributed by atoms with E-state index in [-0.39, 0.29) is 5.97 Å². The van der Waals surface area contributed by atoms with Gasteiger partial charge in [0, 0.05) is 11.8 Å². The highest BCUT2D eigenvalue weighted by molar-refractivity contribution is 7.99. The van der Waals surface area contributed by atoms with E-state index >= 15 is 0 Å². The summed E-state index contributed by atoms with van der Waals surface area (Å²) in [5, 5.41) is 7.13. The minimum absolute atomic E-state index is 0.314. The van der Waals surface area contributed by atoms with Crippen LogP contribution in [0.3, 0.4) is 0 Å². The zero-order valence-corrected chi connectivity index (χ0v) is 8.58. The van der Waals surface area contributed by atoms with E-state index in [9.17, 15) is 4.79 Å². The molecular formula is C8H11N3O2S. The van der Waals surface area contributed by atoms with Crippen molar-refractivity contribution in [3.63, 3.8) is 0 Å². The predicted octanol–water partition coefficient (Wildman–Crippen LogP) is 1.02. The standard InChI is InChI=1S/C8H11N3O2S/c1-2-13-7(12)4-3-5-14-8-9-6-10-11-8/h3-4,6H,2,5H2,1H3,(H,9,10,11)/b4-3+. The Labute approximate surface area is 85.9 Å². The molecule has 1 aromatic heterocycles. The summed E-state index contributed by atoms with van der Waals surface area (Å²) in [6.07, 6.45) is 4.58. The normalized spacial score (nSPS) is 10.6. The quantitative estimate of drug-likeness (QED) is 0.449. The molecule has 0 saturated carbocycles. The van der Waals surface area contributed by atoms with E-state index in [1.54, 1.807) is 13.0 Å². The van der Waals surface area contributed by atoms with Crippen molar-refractivity contribution in [1.29, 1.82) is 0 Å². The number of nitrogens with zero attached hydrogens (tertiary/aromatic N) is 2. The van der Waals surface area contributed by atoms with Gasteiger partial charge in [-0.25, -0.2) is 9.78 Å². The summed E-state index contributed by atoms with van der Waals surface area (Å²) in [5.74, 6) is 0.347. The lowest BCUT2D eigenvalue weighted by atomic mass is 10.5. The summed E-state index contributed by atoms with van der Waals surface area (Å²) >= 11 is 1.46. The summed E-state index contributed by atoms with van der Waals surface area (Å²) in [6.45, 7) is 2.17. The number of carbonyl (C=O) groups excluding carboxylic acids is 1. The molecule has 0 spiro atoms. The number of H-pyrrole nitrogens is 1. The number of nitrogens with one attached hydrogen (secondary N) is 1. The number of rotatable bonds is 5. The van der Waals surface area contributed by atoms with E-state index in [4.69, 9.17) is 4.74 Å². The number of aromatic amines is 1. The molecular weight excluding hydrogens is 202 g/mol. The van der Waals surface area contributed by atoms with Crippen LogP contribution in [0.5, 0.6) is 0 Å². The number of carbonyl (C=O) groups is 1. The van der Waals surface area contributed by atoms with Crippen LogP contribution in [-0.4, -0.2) is 33.5 Å². The maximum atomic E-state index is 10.9. The Kier molecular flexibility index (Phi) is 4.77. The Bertz CT molecular complexity index is 298. The van der Waals surface area contributed by atoms with Gasteiger partial charge in [0.1, 0.15) is 6.33 Å². The number of esters is 1. The number of thioether (sulfide) groups is 1. The first kappa shape index (κ1) is 10.8. The average Bonchev–Trinajstić information content (AvgIpc) is 2.65. The molecule has 1 aromatic rings. The molecule has 0 aliphatic rings. The zero-order valence-electron chi connectivity index (χ0n) is 7.77. The molecule has 0 bridgehead atoms. The van der Waals surface area contributed by atoms with Crippen LogP contribution in [0.25, 0.3) is 0 Å². The molecule has 1 N–H and O–H groups in total. The lowest BCUT2D eigenvalue weighted by Gasteiger charge is -1.94. The van der Waals surface area contributed by atoms with Crippen molar-refractivity contribution in [3.05, 3.63) is 18.5 Å². The van der Waals surface area contributed by atoms with E-state index < -0.39 is 0 Å². The van der Waals surface area contributed by atoms with Gasteiger partial charge < -0.3 is 4.74 Å². The third kappa shape index (κ3) is 4.08. The van der Waals surface area contributed by atoms with Crippen molar-refractivity contribution < 1.29 is 9.53 Å². The SMILES string of the molecule is CCOC(=O)/C=C/CSc1ncn[nH]1. The van der Waals surface area contributed by atoms with E-state index in [0.717, 1.165) is 5.16 Å². The Morgan fingerprint density at radius 3 is 3.29 bits per heavy atom. The fourth-order valence-electron chi connectivity index (χ4n) is 0.726. The van der Waals surface area contributed by atoms with Crippen LogP contribution in [0.2, 0.25) is 0 Å². The fourth-order valence-corrected chi connectivity index (χ4v) is 1.31. The van der Waals surface area contributed by atoms with Gasteiger partial charge in [0.25, 0.3) is 0 Å². The molecule has 0 amide bonds. The minimum atomic E-state index is -0.314. The maximum Gasteiger partial charge on any atom is 0.330 e. The predicted molar refractivity (Wildman–Crippen MR) is 52.9 cm³/mol. The molecule has 1 heterocycles. The zero-order chi connectivity index (χ0) is 10.2. The second-order valence-electron chi connectivity index (χ2n) is 2.26. The molecule has 0 atom stereocenters. The Morgan fingerprint density at radius 2 is 2.64 bits per heavy atom. The molecule has 0 saturated heterocycles. The molecule has 6 heteroatoms. The maximum absolute atomic E-state index is 10.9. The molecule has 5 nitrogen and oxygen atoms in total. The Balaban J connectivity index is 2.18. The van der Waals surface area contributed by atoms with Gasteiger partial charge >= 0.3 is 5.97 Å². The summed E-state index contributed by atoms with van der Waals surface area (Å²) in [5.41, 5.74) is 0. The molecule has 1 rings (SSSR count). The number of ether oxygens (including phenoxy) is 1. The smallest absolute Gasteiger partial charge is 0.330 e. The first-order chi connectivity index (χ1) is 6.83. The highest BCUT2D eigenvalue weighted by Crippen LogP contribution is 2.09. The molecule has 0 aromatic carbocycles. The van der Waals surface area contributed by atoms with Gasteiger partial charge in [0.05, 0.1) is 6.61 Å². The van der Waals surface area contributed by atoms with Crippen molar-refractivity contribution >= 4 is 17.7 Å². The summed E-state index contributed by atoms with van der Waals surface area (Å²) in [6, 6.07) is 0. The highest BCUT2D eigenvalue weighted by atomic mass is 32.2. The van der Waals surface area contributed by atoms with Gasteiger partial charge in [-0.1, -0.05) is 17.8 Å². The third-order valence-corrected chi connectivity index (χ3v) is 2.08. The van der Waals surface area contributed by atoms with Crippen LogP contribution in [0, 0.1) is 0 Å². The Morgan fingerprint density at radius 1 is 1.79 bits per heavy atom. The topological polar surface area (TPSA) is 67.9 Å². The minimum Gasteiger partial charge on any atom is -0.463 e. The fraction of sp³-hybridized carbons (Fsp3) is 0.375. The van der Waals surface area contributed by atoms with Crippen LogP contribution < -0.4 is 0 Å². The number of aromatic nitrogens is 3. The van der Waals surface area contributed by atoms with Crippen molar-refractivity contribution in [1.82, 2.24) is 15.2 Å². The van der Waals surface area contributed by atoms with Crippen molar-refractivity contribution in [3.8, 4) is 0 Å². The van der Waals surface area contributed by atoms with Gasteiger partial charge in [-0.2, -0.15) is 5.10 Å². The van der Waals surface area contributed by atoms with Gasteiger partial charge in [-0.05, 0) is 6.92 Å². The van der Waals surface area contributed by atoms with Crippen LogP contribution in [0.15, 0.2) is 23.6 Å². The Hall–Kier alpha value is -1.30. The highest BCUT2D eigenvalue weighted by Gasteiger charge is 1.95. The van der Waals surface area contributed by atoms with Crippen molar-refractivity contribution in [2.75, 3.05) is 12.4 Å². The molecule has 0 radical (unpaired) electrons. The molecule has 0 aliphatic heterocycles. The number of hydrogen-bond acceptors (Lipinski definition) is 5. The van der Waals surface area contributed by atoms with E-state index in [0.29, 0.717) is 12.4 Å². The van der Waals surface area contributed by atoms with Gasteiger partial charge in [-0.3, -0.25) is 5.10 Å². The second-order valence-corrected chi connectivity index (χ2v) is 3.26. The van der Waals surface area contributed by atoms with E-state index in [2.05, 4.69) is 15.2 Å². The van der Waals surface area contributed by atoms with Crippen molar-refractivity contribution in [2.45, 2.75) is 12.1 Å². The first-order valence-corrected chi connectivity index (χ1v) is 5.13. The molecule has 76 valence electrons. The van der Waals surface area contributed by atoms with Gasteiger partial charge in [0.15, 0.2) is 5.16 Å². The molecule has 0 aliphatic carbocycles. The lowest BCUT2D eigenvalue weighted by Crippen LogP contribution is -1.98. The third-order valence-electron chi connectivity index (χ3n) is 1.25. The van der Waals surface area contributed by atoms with Crippen LogP contribution in [0.1, 0.15) is 6.92 Å². The average molecular weight is 213 g/mol. The summed E-state index contributed by atoms with van der Waals surface area (Å²) in [7, 11) is 0. The van der Waals surface area contributed by atoms with E-state index in [1.807, 2.05) is 0 Å². The largest absolute Gasteiger partial charge is 0.463 e. The molecule has 14 heavy (non-hydrogen) atoms. The molecule has 0 unspecified atom stereocenters. The van der Waals surface area contributed by atoms with Gasteiger partial charge in [-0.15, -0.1) is 0 Å². The lowest BCUT2D eigenvalue weighted by molar-refractivity contribution is -0.137.